The fourth-order valence-electron chi connectivity index (χ4n) is 1.77. The van der Waals surface area contributed by atoms with Gasteiger partial charge in [-0.1, -0.05) is 13.3 Å². The Hall–Kier alpha value is -0.420. The van der Waals surface area contributed by atoms with Gasteiger partial charge in [-0.25, -0.2) is 0 Å². The van der Waals surface area contributed by atoms with Crippen LogP contribution in [0.1, 0.15) is 26.2 Å². The maximum Gasteiger partial charge on any atom is 0.240 e. The first-order chi connectivity index (χ1) is 7.15. The quantitative estimate of drug-likeness (QED) is 0.717. The van der Waals surface area contributed by atoms with Crippen LogP contribution in [0, 0.1) is 0 Å². The summed E-state index contributed by atoms with van der Waals surface area (Å²) < 4.78 is 10.9. The number of carbonyl (C=O) groups is 1. The Bertz CT molecular complexity index is 246. The SMILES string of the molecule is CCCC1NCN(CCCS(C)=O)C1=O. The van der Waals surface area contributed by atoms with Crippen molar-refractivity contribution >= 4 is 16.7 Å². The third-order valence-electron chi connectivity index (χ3n) is 2.58. The van der Waals surface area contributed by atoms with Gasteiger partial charge in [0, 0.05) is 29.4 Å². The summed E-state index contributed by atoms with van der Waals surface area (Å²) in [6.45, 7) is 3.46. The third kappa shape index (κ3) is 3.91. The lowest BCUT2D eigenvalue weighted by Gasteiger charge is -2.14. The molecule has 15 heavy (non-hydrogen) atoms. The van der Waals surface area contributed by atoms with Crippen LogP contribution in [0.3, 0.4) is 0 Å². The molecular weight excluding hydrogens is 212 g/mol. The first kappa shape index (κ1) is 12.6. The molecule has 5 heteroatoms. The van der Waals surface area contributed by atoms with Crippen LogP contribution < -0.4 is 5.32 Å². The van der Waals surface area contributed by atoms with Crippen LogP contribution in [0.15, 0.2) is 0 Å². The molecule has 0 spiro atoms. The standard InChI is InChI=1S/C10H20N2O2S/c1-3-5-9-10(13)12(8-11-9)6-4-7-15(2)14/h9,11H,3-8H2,1-2H3. The normalized spacial score (nSPS) is 23.5. The number of nitrogens with one attached hydrogen (secondary N) is 1. The molecule has 88 valence electrons. The molecule has 2 unspecified atom stereocenters. The molecule has 1 N–H and O–H groups in total. The van der Waals surface area contributed by atoms with E-state index < -0.39 is 10.8 Å². The van der Waals surface area contributed by atoms with E-state index in [1.54, 1.807) is 6.26 Å². The first-order valence-corrected chi connectivity index (χ1v) is 7.20. The summed E-state index contributed by atoms with van der Waals surface area (Å²) in [6.07, 6.45) is 4.46. The Morgan fingerprint density at radius 3 is 2.93 bits per heavy atom. The molecule has 1 aliphatic heterocycles. The second-order valence-corrected chi connectivity index (χ2v) is 5.49. The molecule has 1 fully saturated rings. The van der Waals surface area contributed by atoms with Crippen LogP contribution in [-0.4, -0.2) is 46.3 Å². The highest BCUT2D eigenvalue weighted by Crippen LogP contribution is 2.09. The Morgan fingerprint density at radius 2 is 2.33 bits per heavy atom. The highest BCUT2D eigenvalue weighted by atomic mass is 32.2. The maximum absolute atomic E-state index is 11.8. The second kappa shape index (κ2) is 6.23. The van der Waals surface area contributed by atoms with E-state index >= 15 is 0 Å². The summed E-state index contributed by atoms with van der Waals surface area (Å²) in [6, 6.07) is 0.0159. The largest absolute Gasteiger partial charge is 0.329 e. The summed E-state index contributed by atoms with van der Waals surface area (Å²) in [7, 11) is -0.747. The van der Waals surface area contributed by atoms with Gasteiger partial charge >= 0.3 is 0 Å². The van der Waals surface area contributed by atoms with Crippen molar-refractivity contribution in [3.8, 4) is 0 Å². The number of hydrogen-bond acceptors (Lipinski definition) is 3. The summed E-state index contributed by atoms with van der Waals surface area (Å²) in [5, 5.41) is 3.20. The van der Waals surface area contributed by atoms with Crippen molar-refractivity contribution in [3.05, 3.63) is 0 Å². The minimum atomic E-state index is -0.747. The maximum atomic E-state index is 11.8. The molecule has 1 rings (SSSR count). The van der Waals surface area contributed by atoms with Crippen LogP contribution in [0.5, 0.6) is 0 Å². The van der Waals surface area contributed by atoms with Gasteiger partial charge < -0.3 is 4.90 Å². The molecule has 1 heterocycles. The van der Waals surface area contributed by atoms with E-state index in [9.17, 15) is 9.00 Å². The molecule has 2 atom stereocenters. The summed E-state index contributed by atoms with van der Waals surface area (Å²) in [5.74, 6) is 0.890. The van der Waals surface area contributed by atoms with E-state index in [4.69, 9.17) is 0 Å². The second-order valence-electron chi connectivity index (χ2n) is 3.94. The smallest absolute Gasteiger partial charge is 0.240 e. The van der Waals surface area contributed by atoms with Crippen LogP contribution >= 0.6 is 0 Å². The van der Waals surface area contributed by atoms with Crippen LogP contribution in [0.4, 0.5) is 0 Å². The molecule has 0 aromatic carbocycles. The van der Waals surface area contributed by atoms with Gasteiger partial charge in [0.2, 0.25) is 5.91 Å². The minimum Gasteiger partial charge on any atom is -0.329 e. The van der Waals surface area contributed by atoms with Crippen molar-refractivity contribution in [2.75, 3.05) is 25.2 Å². The fraction of sp³-hybridized carbons (Fsp3) is 0.900. The molecule has 4 nitrogen and oxygen atoms in total. The van der Waals surface area contributed by atoms with Gasteiger partial charge in [-0.2, -0.15) is 0 Å². The van der Waals surface area contributed by atoms with E-state index in [0.717, 1.165) is 25.8 Å². The van der Waals surface area contributed by atoms with E-state index in [0.29, 0.717) is 12.4 Å². The Balaban J connectivity index is 2.26. The van der Waals surface area contributed by atoms with Gasteiger partial charge in [-0.15, -0.1) is 0 Å². The number of rotatable bonds is 6. The number of carbonyl (C=O) groups excluding carboxylic acids is 1. The fourth-order valence-corrected chi connectivity index (χ4v) is 2.30. The monoisotopic (exact) mass is 232 g/mol. The summed E-state index contributed by atoms with van der Waals surface area (Å²) in [4.78, 5) is 13.6. The van der Waals surface area contributed by atoms with Gasteiger partial charge in [0.25, 0.3) is 0 Å². The number of hydrogen-bond donors (Lipinski definition) is 1. The Labute approximate surface area is 93.9 Å². The number of amides is 1. The molecule has 1 aliphatic rings. The van der Waals surface area contributed by atoms with E-state index in [2.05, 4.69) is 12.2 Å². The van der Waals surface area contributed by atoms with Crippen molar-refractivity contribution in [1.82, 2.24) is 10.2 Å². The zero-order valence-corrected chi connectivity index (χ0v) is 10.3. The molecule has 0 aliphatic carbocycles. The van der Waals surface area contributed by atoms with Crippen molar-refractivity contribution in [1.29, 1.82) is 0 Å². The van der Waals surface area contributed by atoms with E-state index in [-0.39, 0.29) is 11.9 Å². The van der Waals surface area contributed by atoms with E-state index in [1.807, 2.05) is 4.90 Å². The zero-order chi connectivity index (χ0) is 11.3. The molecular formula is C10H20N2O2S. The predicted octanol–water partition coefficient (Wildman–Crippen LogP) is 0.313. The highest BCUT2D eigenvalue weighted by molar-refractivity contribution is 7.84. The lowest BCUT2D eigenvalue weighted by Crippen LogP contribution is -2.31. The van der Waals surface area contributed by atoms with Crippen LogP contribution in [0.25, 0.3) is 0 Å². The Morgan fingerprint density at radius 1 is 1.60 bits per heavy atom. The van der Waals surface area contributed by atoms with Crippen molar-refractivity contribution in [3.63, 3.8) is 0 Å². The molecule has 0 aromatic rings. The average molecular weight is 232 g/mol. The molecule has 1 amide bonds. The van der Waals surface area contributed by atoms with Gasteiger partial charge in [0.15, 0.2) is 0 Å². The van der Waals surface area contributed by atoms with E-state index in [1.165, 1.54) is 0 Å². The van der Waals surface area contributed by atoms with Crippen molar-refractivity contribution < 1.29 is 9.00 Å². The third-order valence-corrected chi connectivity index (χ3v) is 3.44. The minimum absolute atomic E-state index is 0.0159. The van der Waals surface area contributed by atoms with Gasteiger partial charge in [0.1, 0.15) is 0 Å². The summed E-state index contributed by atoms with van der Waals surface area (Å²) >= 11 is 0. The lowest BCUT2D eigenvalue weighted by molar-refractivity contribution is -0.129. The van der Waals surface area contributed by atoms with Crippen molar-refractivity contribution in [2.24, 2.45) is 0 Å². The highest BCUT2D eigenvalue weighted by Gasteiger charge is 2.29. The molecule has 0 aromatic heterocycles. The average Bonchev–Trinajstić information content (AvgIpc) is 2.50. The first-order valence-electron chi connectivity index (χ1n) is 5.47. The van der Waals surface area contributed by atoms with Gasteiger partial charge in [-0.05, 0) is 12.8 Å². The van der Waals surface area contributed by atoms with Gasteiger partial charge in [-0.3, -0.25) is 14.3 Å². The van der Waals surface area contributed by atoms with Crippen molar-refractivity contribution in [2.45, 2.75) is 32.2 Å². The topological polar surface area (TPSA) is 49.4 Å². The molecule has 1 saturated heterocycles. The molecule has 0 bridgehead atoms. The van der Waals surface area contributed by atoms with Crippen LogP contribution in [-0.2, 0) is 15.6 Å². The molecule has 0 radical (unpaired) electrons. The predicted molar refractivity (Wildman–Crippen MR) is 62.0 cm³/mol. The lowest BCUT2D eigenvalue weighted by atomic mass is 10.2. The zero-order valence-electron chi connectivity index (χ0n) is 9.49. The van der Waals surface area contributed by atoms with Crippen LogP contribution in [0.2, 0.25) is 0 Å². The molecule has 0 saturated carbocycles. The number of nitrogens with zero attached hydrogens (tertiary/aromatic N) is 1. The van der Waals surface area contributed by atoms with Gasteiger partial charge in [0.05, 0.1) is 12.7 Å². The summed E-state index contributed by atoms with van der Waals surface area (Å²) in [5.41, 5.74) is 0. The Kier molecular flexibility index (Phi) is 5.25.